The Bertz CT molecular complexity index is 574. The summed E-state index contributed by atoms with van der Waals surface area (Å²) < 4.78 is 0. The predicted octanol–water partition coefficient (Wildman–Crippen LogP) is 1.88. The van der Waals surface area contributed by atoms with Crippen LogP contribution in [0.5, 0.6) is 0 Å². The molecule has 2 amide bonds. The highest BCUT2D eigenvalue weighted by Crippen LogP contribution is 2.30. The number of nitrogens with one attached hydrogen (secondary N) is 1. The molecule has 0 bridgehead atoms. The van der Waals surface area contributed by atoms with Crippen LogP contribution in [0.15, 0.2) is 30.3 Å². The van der Waals surface area contributed by atoms with Gasteiger partial charge >= 0.3 is 0 Å². The minimum Gasteiger partial charge on any atom is -0.352 e. The normalized spacial score (nSPS) is 24.8. The molecule has 1 saturated heterocycles. The third kappa shape index (κ3) is 4.82. The lowest BCUT2D eigenvalue weighted by Crippen LogP contribution is -2.49. The van der Waals surface area contributed by atoms with Gasteiger partial charge in [-0.1, -0.05) is 30.3 Å². The summed E-state index contributed by atoms with van der Waals surface area (Å²) in [6, 6.07) is 9.98. The van der Waals surface area contributed by atoms with Crippen molar-refractivity contribution in [2.75, 3.05) is 33.2 Å². The lowest BCUT2D eigenvalue weighted by atomic mass is 9.80. The molecule has 2 fully saturated rings. The van der Waals surface area contributed by atoms with Gasteiger partial charge in [-0.2, -0.15) is 0 Å². The molecular weight excluding hydrogens is 314 g/mol. The zero-order valence-corrected chi connectivity index (χ0v) is 15.1. The van der Waals surface area contributed by atoms with E-state index in [0.29, 0.717) is 12.5 Å². The zero-order valence-electron chi connectivity index (χ0n) is 15.1. The van der Waals surface area contributed by atoms with Crippen LogP contribution in [0, 0.1) is 11.8 Å². The standard InChI is InChI=1S/C20H29N3O2/c1-22-11-13-23(14-12-22)20(25)18-9-7-17(8-10-18)19(24)21-15-16-5-3-2-4-6-16/h2-6,17-18H,7-15H2,1H3,(H,21,24). The van der Waals surface area contributed by atoms with Gasteiger partial charge in [0.2, 0.25) is 11.8 Å². The third-order valence-electron chi connectivity index (χ3n) is 5.57. The first-order valence-electron chi connectivity index (χ1n) is 9.42. The SMILES string of the molecule is CN1CCN(C(=O)C2CCC(C(=O)NCc3ccccc3)CC2)CC1. The molecule has 1 aliphatic carbocycles. The van der Waals surface area contributed by atoms with Crippen LogP contribution in [0.4, 0.5) is 0 Å². The average molecular weight is 343 g/mol. The highest BCUT2D eigenvalue weighted by molar-refractivity contribution is 5.81. The summed E-state index contributed by atoms with van der Waals surface area (Å²) in [6.45, 7) is 4.19. The van der Waals surface area contributed by atoms with Gasteiger partial charge in [0.25, 0.3) is 0 Å². The highest BCUT2D eigenvalue weighted by Gasteiger charge is 2.32. The first kappa shape index (κ1) is 17.9. The molecule has 136 valence electrons. The van der Waals surface area contributed by atoms with Crippen molar-refractivity contribution < 1.29 is 9.59 Å². The Kier molecular flexibility index (Phi) is 6.08. The number of amides is 2. The van der Waals surface area contributed by atoms with Crippen LogP contribution in [0.3, 0.4) is 0 Å². The fourth-order valence-corrected chi connectivity index (χ4v) is 3.82. The van der Waals surface area contributed by atoms with Crippen molar-refractivity contribution in [1.29, 1.82) is 0 Å². The topological polar surface area (TPSA) is 52.7 Å². The van der Waals surface area contributed by atoms with Gasteiger partial charge in [0.05, 0.1) is 0 Å². The Morgan fingerprint density at radius 3 is 2.20 bits per heavy atom. The molecule has 0 unspecified atom stereocenters. The van der Waals surface area contributed by atoms with Crippen LogP contribution in [0.1, 0.15) is 31.2 Å². The highest BCUT2D eigenvalue weighted by atomic mass is 16.2. The monoisotopic (exact) mass is 343 g/mol. The molecule has 0 radical (unpaired) electrons. The van der Waals surface area contributed by atoms with E-state index in [2.05, 4.69) is 17.3 Å². The first-order chi connectivity index (χ1) is 12.1. The van der Waals surface area contributed by atoms with Crippen LogP contribution in [-0.4, -0.2) is 54.8 Å². The summed E-state index contributed by atoms with van der Waals surface area (Å²) in [6.07, 6.45) is 3.33. The summed E-state index contributed by atoms with van der Waals surface area (Å²) >= 11 is 0. The Balaban J connectivity index is 1.42. The Morgan fingerprint density at radius 1 is 0.960 bits per heavy atom. The van der Waals surface area contributed by atoms with E-state index >= 15 is 0 Å². The first-order valence-corrected chi connectivity index (χ1v) is 9.42. The van der Waals surface area contributed by atoms with Crippen LogP contribution in [-0.2, 0) is 16.1 Å². The molecule has 1 heterocycles. The molecule has 3 rings (SSSR count). The van der Waals surface area contributed by atoms with Gasteiger partial charge in [-0.25, -0.2) is 0 Å². The summed E-state index contributed by atoms with van der Waals surface area (Å²) in [5.41, 5.74) is 1.12. The number of carbonyl (C=O) groups is 2. The number of rotatable bonds is 4. The molecule has 2 aliphatic rings. The molecule has 1 aliphatic heterocycles. The fourth-order valence-electron chi connectivity index (χ4n) is 3.82. The lowest BCUT2D eigenvalue weighted by molar-refractivity contribution is -0.139. The molecule has 5 nitrogen and oxygen atoms in total. The Hall–Kier alpha value is -1.88. The van der Waals surface area contributed by atoms with E-state index in [1.807, 2.05) is 35.2 Å². The molecule has 1 aromatic rings. The van der Waals surface area contributed by atoms with Gasteiger partial charge in [0.15, 0.2) is 0 Å². The maximum Gasteiger partial charge on any atom is 0.225 e. The summed E-state index contributed by atoms with van der Waals surface area (Å²) in [5, 5.41) is 3.04. The summed E-state index contributed by atoms with van der Waals surface area (Å²) in [7, 11) is 2.10. The van der Waals surface area contributed by atoms with Crippen LogP contribution >= 0.6 is 0 Å². The number of nitrogens with zero attached hydrogens (tertiary/aromatic N) is 2. The van der Waals surface area contributed by atoms with E-state index in [-0.39, 0.29) is 17.7 Å². The van der Waals surface area contributed by atoms with Crippen molar-refractivity contribution in [3.8, 4) is 0 Å². The second-order valence-electron chi connectivity index (χ2n) is 7.38. The lowest BCUT2D eigenvalue weighted by Gasteiger charge is -2.36. The van der Waals surface area contributed by atoms with Crippen molar-refractivity contribution in [3.63, 3.8) is 0 Å². The maximum atomic E-state index is 12.7. The van der Waals surface area contributed by atoms with Gasteiger partial charge in [-0.15, -0.1) is 0 Å². The Morgan fingerprint density at radius 2 is 1.56 bits per heavy atom. The maximum absolute atomic E-state index is 12.7. The number of benzene rings is 1. The van der Waals surface area contributed by atoms with E-state index in [1.54, 1.807) is 0 Å². The van der Waals surface area contributed by atoms with Crippen molar-refractivity contribution in [2.45, 2.75) is 32.2 Å². The van der Waals surface area contributed by atoms with E-state index in [4.69, 9.17) is 0 Å². The second-order valence-corrected chi connectivity index (χ2v) is 7.38. The minimum atomic E-state index is 0.0558. The molecule has 5 heteroatoms. The van der Waals surface area contributed by atoms with Gasteiger partial charge in [-0.3, -0.25) is 9.59 Å². The van der Waals surface area contributed by atoms with E-state index in [0.717, 1.165) is 57.4 Å². The average Bonchev–Trinajstić information content (AvgIpc) is 2.67. The zero-order chi connectivity index (χ0) is 17.6. The van der Waals surface area contributed by atoms with E-state index in [9.17, 15) is 9.59 Å². The molecule has 0 aromatic heterocycles. The Labute approximate surface area is 150 Å². The molecule has 1 saturated carbocycles. The van der Waals surface area contributed by atoms with Crippen LogP contribution < -0.4 is 5.32 Å². The van der Waals surface area contributed by atoms with Gasteiger partial charge < -0.3 is 15.1 Å². The summed E-state index contributed by atoms with van der Waals surface area (Å²) in [4.78, 5) is 29.3. The van der Waals surface area contributed by atoms with Crippen LogP contribution in [0.25, 0.3) is 0 Å². The smallest absolute Gasteiger partial charge is 0.225 e. The fraction of sp³-hybridized carbons (Fsp3) is 0.600. The minimum absolute atomic E-state index is 0.0558. The molecule has 1 aromatic carbocycles. The molecule has 0 atom stereocenters. The quantitative estimate of drug-likeness (QED) is 0.908. The molecule has 0 spiro atoms. The number of likely N-dealkylation sites (N-methyl/N-ethyl adjacent to an activating group) is 1. The number of hydrogen-bond acceptors (Lipinski definition) is 3. The number of carbonyl (C=O) groups excluding carboxylic acids is 2. The second kappa shape index (κ2) is 8.48. The number of hydrogen-bond donors (Lipinski definition) is 1. The molecular formula is C20H29N3O2. The predicted molar refractivity (Wildman–Crippen MR) is 97.8 cm³/mol. The molecule has 25 heavy (non-hydrogen) atoms. The van der Waals surface area contributed by atoms with Crippen molar-refractivity contribution in [1.82, 2.24) is 15.1 Å². The largest absolute Gasteiger partial charge is 0.352 e. The number of piperazine rings is 1. The van der Waals surface area contributed by atoms with E-state index < -0.39 is 0 Å². The van der Waals surface area contributed by atoms with Gasteiger partial charge in [0.1, 0.15) is 0 Å². The van der Waals surface area contributed by atoms with Crippen molar-refractivity contribution in [2.24, 2.45) is 11.8 Å². The van der Waals surface area contributed by atoms with E-state index in [1.165, 1.54) is 0 Å². The van der Waals surface area contributed by atoms with Crippen molar-refractivity contribution >= 4 is 11.8 Å². The third-order valence-corrected chi connectivity index (χ3v) is 5.57. The van der Waals surface area contributed by atoms with Crippen molar-refractivity contribution in [3.05, 3.63) is 35.9 Å². The van der Waals surface area contributed by atoms with Gasteiger partial charge in [0, 0.05) is 44.6 Å². The molecule has 1 N–H and O–H groups in total. The summed E-state index contributed by atoms with van der Waals surface area (Å²) in [5.74, 6) is 0.604. The van der Waals surface area contributed by atoms with Crippen LogP contribution in [0.2, 0.25) is 0 Å². The van der Waals surface area contributed by atoms with Gasteiger partial charge in [-0.05, 0) is 38.3 Å².